The van der Waals surface area contributed by atoms with Crippen molar-refractivity contribution in [3.8, 4) is 5.75 Å². The van der Waals surface area contributed by atoms with Gasteiger partial charge in [0, 0.05) is 17.5 Å². The second-order valence-corrected chi connectivity index (χ2v) is 7.48. The number of thiophene rings is 1. The number of ether oxygens (including phenoxy) is 1. The van der Waals surface area contributed by atoms with Gasteiger partial charge in [0.05, 0.1) is 12.7 Å². The smallest absolute Gasteiger partial charge is 0.254 e. The number of rotatable bonds is 6. The van der Waals surface area contributed by atoms with E-state index in [1.165, 1.54) is 22.3 Å². The summed E-state index contributed by atoms with van der Waals surface area (Å²) in [5.74, 6) is 0.425. The van der Waals surface area contributed by atoms with Crippen molar-refractivity contribution < 1.29 is 14.3 Å². The number of carbonyl (C=O) groups is 2. The number of hydrogen-bond acceptors (Lipinski definition) is 4. The van der Waals surface area contributed by atoms with E-state index in [9.17, 15) is 9.59 Å². The van der Waals surface area contributed by atoms with Crippen molar-refractivity contribution in [1.29, 1.82) is 0 Å². The fourth-order valence-corrected chi connectivity index (χ4v) is 4.47. The van der Waals surface area contributed by atoms with E-state index in [0.717, 1.165) is 42.6 Å². The van der Waals surface area contributed by atoms with Gasteiger partial charge in [-0.2, -0.15) is 0 Å². The molecule has 2 amide bonds. The van der Waals surface area contributed by atoms with Crippen molar-refractivity contribution in [2.45, 2.75) is 32.6 Å². The van der Waals surface area contributed by atoms with E-state index < -0.39 is 0 Å². The number of methoxy groups -OCH3 is 1. The maximum absolute atomic E-state index is 12.5. The molecule has 142 valence electrons. The minimum Gasteiger partial charge on any atom is -0.497 e. The molecule has 1 aromatic heterocycles. The summed E-state index contributed by atoms with van der Waals surface area (Å²) in [4.78, 5) is 26.2. The van der Waals surface area contributed by atoms with Crippen molar-refractivity contribution in [3.63, 3.8) is 0 Å². The van der Waals surface area contributed by atoms with E-state index in [-0.39, 0.29) is 11.8 Å². The van der Waals surface area contributed by atoms with Gasteiger partial charge in [-0.25, -0.2) is 0 Å². The molecule has 0 unspecified atom stereocenters. The Morgan fingerprint density at radius 1 is 1.19 bits per heavy atom. The molecule has 0 atom stereocenters. The van der Waals surface area contributed by atoms with Crippen molar-refractivity contribution in [3.05, 3.63) is 51.9 Å². The zero-order valence-electron chi connectivity index (χ0n) is 15.6. The summed E-state index contributed by atoms with van der Waals surface area (Å²) >= 11 is 1.53. The van der Waals surface area contributed by atoms with E-state index in [2.05, 4.69) is 10.6 Å². The molecule has 2 aromatic rings. The molecular formula is C21H24N2O3S. The maximum atomic E-state index is 12.5. The zero-order valence-corrected chi connectivity index (χ0v) is 16.4. The van der Waals surface area contributed by atoms with Crippen molar-refractivity contribution in [1.82, 2.24) is 5.32 Å². The second kappa shape index (κ2) is 8.86. The van der Waals surface area contributed by atoms with Gasteiger partial charge in [0.1, 0.15) is 10.8 Å². The Hall–Kier alpha value is -2.60. The van der Waals surface area contributed by atoms with Gasteiger partial charge in [-0.05, 0) is 61.9 Å². The lowest BCUT2D eigenvalue weighted by molar-refractivity contribution is -0.111. The lowest BCUT2D eigenvalue weighted by atomic mass is 9.95. The molecule has 1 aliphatic rings. The van der Waals surface area contributed by atoms with Crippen molar-refractivity contribution >= 4 is 34.2 Å². The predicted molar refractivity (Wildman–Crippen MR) is 110 cm³/mol. The van der Waals surface area contributed by atoms with Crippen molar-refractivity contribution in [2.24, 2.45) is 0 Å². The largest absolute Gasteiger partial charge is 0.497 e. The lowest BCUT2D eigenvalue weighted by Crippen LogP contribution is -2.25. The molecule has 27 heavy (non-hydrogen) atoms. The summed E-state index contributed by atoms with van der Waals surface area (Å²) in [5, 5.41) is 6.42. The monoisotopic (exact) mass is 384 g/mol. The summed E-state index contributed by atoms with van der Waals surface area (Å²) in [6, 6.07) is 7.45. The summed E-state index contributed by atoms with van der Waals surface area (Å²) in [7, 11) is 1.62. The highest BCUT2D eigenvalue weighted by Crippen LogP contribution is 2.38. The highest BCUT2D eigenvalue weighted by atomic mass is 32.1. The fourth-order valence-electron chi connectivity index (χ4n) is 3.18. The molecule has 1 aromatic carbocycles. The van der Waals surface area contributed by atoms with Gasteiger partial charge >= 0.3 is 0 Å². The minimum absolute atomic E-state index is 0.105. The minimum atomic E-state index is -0.241. The van der Waals surface area contributed by atoms with E-state index >= 15 is 0 Å². The second-order valence-electron chi connectivity index (χ2n) is 6.37. The first-order valence-electron chi connectivity index (χ1n) is 9.18. The van der Waals surface area contributed by atoms with Crippen molar-refractivity contribution in [2.75, 3.05) is 19.0 Å². The van der Waals surface area contributed by atoms with Gasteiger partial charge in [-0.3, -0.25) is 9.59 Å². The Kier molecular flexibility index (Phi) is 6.29. The van der Waals surface area contributed by atoms with E-state index in [0.29, 0.717) is 17.1 Å². The first kappa shape index (κ1) is 19.2. The first-order valence-corrected chi connectivity index (χ1v) is 10.00. The number of nitrogens with one attached hydrogen (secondary N) is 2. The van der Waals surface area contributed by atoms with Crippen LogP contribution >= 0.6 is 11.3 Å². The summed E-state index contributed by atoms with van der Waals surface area (Å²) in [6.07, 6.45) is 7.32. The molecule has 2 N–H and O–H groups in total. The Labute approximate surface area is 163 Å². The van der Waals surface area contributed by atoms with Crippen LogP contribution in [0.4, 0.5) is 5.00 Å². The Morgan fingerprint density at radius 2 is 1.93 bits per heavy atom. The molecular weight excluding hydrogens is 360 g/mol. The van der Waals surface area contributed by atoms with Crippen LogP contribution in [0.2, 0.25) is 0 Å². The van der Waals surface area contributed by atoms with Crippen LogP contribution in [0.15, 0.2) is 30.3 Å². The summed E-state index contributed by atoms with van der Waals surface area (Å²) in [6.45, 7) is 2.46. The molecule has 0 saturated carbocycles. The number of benzene rings is 1. The summed E-state index contributed by atoms with van der Waals surface area (Å²) in [5.41, 5.74) is 2.65. The lowest BCUT2D eigenvalue weighted by Gasteiger charge is -2.12. The Bertz CT molecular complexity index is 853. The zero-order chi connectivity index (χ0) is 19.2. The molecule has 0 aliphatic heterocycles. The Morgan fingerprint density at radius 3 is 2.63 bits per heavy atom. The van der Waals surface area contributed by atoms with Gasteiger partial charge in [-0.1, -0.05) is 12.1 Å². The van der Waals surface area contributed by atoms with Gasteiger partial charge in [-0.15, -0.1) is 11.3 Å². The van der Waals surface area contributed by atoms with Crippen LogP contribution in [0.3, 0.4) is 0 Å². The molecule has 0 fully saturated rings. The fraction of sp³-hybridized carbons (Fsp3) is 0.333. The third-order valence-electron chi connectivity index (χ3n) is 4.52. The van der Waals surface area contributed by atoms with E-state index in [4.69, 9.17) is 4.74 Å². The quantitative estimate of drug-likeness (QED) is 0.739. The van der Waals surface area contributed by atoms with Gasteiger partial charge in [0.2, 0.25) is 5.91 Å². The number of carbonyl (C=O) groups excluding carboxylic acids is 2. The van der Waals surface area contributed by atoms with Crippen LogP contribution in [0.1, 0.15) is 46.1 Å². The van der Waals surface area contributed by atoms with Crippen LogP contribution in [-0.4, -0.2) is 25.5 Å². The molecule has 1 aliphatic carbocycles. The average Bonchev–Trinajstić information content (AvgIpc) is 3.04. The molecule has 0 saturated heterocycles. The molecule has 0 bridgehead atoms. The molecule has 5 nitrogen and oxygen atoms in total. The standard InChI is InChI=1S/C21H24N2O3S/c1-3-22-20(25)19-16-6-4-5-7-17(16)27-21(19)23-18(24)13-10-14-8-11-15(26-2)12-9-14/h8-13H,3-7H2,1-2H3,(H,22,25)(H,23,24)/b13-10+. The summed E-state index contributed by atoms with van der Waals surface area (Å²) < 4.78 is 5.13. The topological polar surface area (TPSA) is 67.4 Å². The highest BCUT2D eigenvalue weighted by molar-refractivity contribution is 7.17. The van der Waals surface area contributed by atoms with Gasteiger partial charge < -0.3 is 15.4 Å². The SMILES string of the molecule is CCNC(=O)c1c(NC(=O)/C=C/c2ccc(OC)cc2)sc2c1CCCC2. The third-order valence-corrected chi connectivity index (χ3v) is 5.72. The Balaban J connectivity index is 1.77. The number of hydrogen-bond donors (Lipinski definition) is 2. The predicted octanol–water partition coefficient (Wildman–Crippen LogP) is 4.04. The number of amides is 2. The first-order chi connectivity index (χ1) is 13.1. The molecule has 1 heterocycles. The van der Waals surface area contributed by atoms with Gasteiger partial charge in [0.15, 0.2) is 0 Å². The number of anilines is 1. The molecule has 3 rings (SSSR count). The van der Waals surface area contributed by atoms with Crippen LogP contribution < -0.4 is 15.4 Å². The molecule has 0 spiro atoms. The van der Waals surface area contributed by atoms with Gasteiger partial charge in [0.25, 0.3) is 5.91 Å². The molecule has 6 heteroatoms. The average molecular weight is 385 g/mol. The maximum Gasteiger partial charge on any atom is 0.254 e. The molecule has 0 radical (unpaired) electrons. The van der Waals surface area contributed by atoms with E-state index in [1.807, 2.05) is 31.2 Å². The number of aryl methyl sites for hydroxylation is 1. The van der Waals surface area contributed by atoms with E-state index in [1.54, 1.807) is 13.2 Å². The normalized spacial score (nSPS) is 13.3. The number of fused-ring (bicyclic) bond motifs is 1. The van der Waals surface area contributed by atoms with Crippen LogP contribution in [0.25, 0.3) is 6.08 Å². The van der Waals surface area contributed by atoms with Crippen LogP contribution in [0, 0.1) is 0 Å². The van der Waals surface area contributed by atoms with Crippen LogP contribution in [0.5, 0.6) is 5.75 Å². The highest BCUT2D eigenvalue weighted by Gasteiger charge is 2.25. The third kappa shape index (κ3) is 4.57. The van der Waals surface area contributed by atoms with Crippen LogP contribution in [-0.2, 0) is 17.6 Å².